The summed E-state index contributed by atoms with van der Waals surface area (Å²) < 4.78 is 5.85. The Morgan fingerprint density at radius 2 is 1.88 bits per heavy atom. The molecule has 1 amide bonds. The Kier molecular flexibility index (Phi) is 4.23. The molecule has 130 valence electrons. The quantitative estimate of drug-likeness (QED) is 0.571. The highest BCUT2D eigenvalue weighted by Crippen LogP contribution is 2.30. The summed E-state index contributed by atoms with van der Waals surface area (Å²) in [6.45, 7) is 2.14. The maximum absolute atomic E-state index is 12.3. The summed E-state index contributed by atoms with van der Waals surface area (Å²) in [4.78, 5) is 20.8. The van der Waals surface area contributed by atoms with Gasteiger partial charge in [0, 0.05) is 11.1 Å². The van der Waals surface area contributed by atoms with E-state index in [1.807, 2.05) is 48.5 Å². The van der Waals surface area contributed by atoms with Crippen LogP contribution in [0.3, 0.4) is 0 Å². The van der Waals surface area contributed by atoms with Gasteiger partial charge in [-0.25, -0.2) is 9.97 Å². The van der Waals surface area contributed by atoms with E-state index in [2.05, 4.69) is 27.5 Å². The van der Waals surface area contributed by atoms with Crippen molar-refractivity contribution in [1.29, 1.82) is 0 Å². The summed E-state index contributed by atoms with van der Waals surface area (Å²) in [6.07, 6.45) is 2.33. The maximum Gasteiger partial charge on any atom is 0.243 e. The molecular weight excluding hydrogens is 328 g/mol. The average Bonchev–Trinajstić information content (AvgIpc) is 3.06. The van der Waals surface area contributed by atoms with E-state index in [-0.39, 0.29) is 12.5 Å². The van der Waals surface area contributed by atoms with Gasteiger partial charge in [-0.05, 0) is 30.2 Å². The maximum atomic E-state index is 12.3. The van der Waals surface area contributed by atoms with Crippen molar-refractivity contribution in [3.8, 4) is 0 Å². The third-order valence-corrected chi connectivity index (χ3v) is 4.25. The molecule has 0 fully saturated rings. The zero-order valence-electron chi connectivity index (χ0n) is 14.3. The van der Waals surface area contributed by atoms with Crippen molar-refractivity contribution in [1.82, 2.24) is 9.97 Å². The van der Waals surface area contributed by atoms with Gasteiger partial charge in [-0.2, -0.15) is 0 Å². The van der Waals surface area contributed by atoms with Gasteiger partial charge in [0.2, 0.25) is 5.91 Å². The smallest absolute Gasteiger partial charge is 0.243 e. The van der Waals surface area contributed by atoms with Crippen LogP contribution in [0.1, 0.15) is 12.5 Å². The summed E-state index contributed by atoms with van der Waals surface area (Å²) in [7, 11) is 0. The zero-order chi connectivity index (χ0) is 17.9. The van der Waals surface area contributed by atoms with Crippen LogP contribution in [0.25, 0.3) is 22.1 Å². The lowest BCUT2D eigenvalue weighted by Gasteiger charge is -2.10. The van der Waals surface area contributed by atoms with Crippen LogP contribution in [-0.4, -0.2) is 22.4 Å². The number of hydrogen-bond acceptors (Lipinski definition) is 5. The van der Waals surface area contributed by atoms with Crippen LogP contribution in [0.5, 0.6) is 0 Å². The number of hydrogen-bond donors (Lipinski definition) is 2. The van der Waals surface area contributed by atoms with Crippen molar-refractivity contribution in [2.75, 3.05) is 17.2 Å². The van der Waals surface area contributed by atoms with E-state index >= 15 is 0 Å². The zero-order valence-corrected chi connectivity index (χ0v) is 14.3. The van der Waals surface area contributed by atoms with E-state index < -0.39 is 0 Å². The Bertz CT molecular complexity index is 1090. The molecule has 2 heterocycles. The summed E-state index contributed by atoms with van der Waals surface area (Å²) >= 11 is 0. The van der Waals surface area contributed by atoms with Crippen LogP contribution in [0.2, 0.25) is 0 Å². The Balaban J connectivity index is 1.53. The third-order valence-electron chi connectivity index (χ3n) is 4.25. The molecule has 6 nitrogen and oxygen atoms in total. The van der Waals surface area contributed by atoms with Gasteiger partial charge in [0.25, 0.3) is 0 Å². The predicted octanol–water partition coefficient (Wildman–Crippen LogP) is 3.99. The van der Waals surface area contributed by atoms with Gasteiger partial charge in [0.05, 0.1) is 6.54 Å². The van der Waals surface area contributed by atoms with Crippen LogP contribution in [-0.2, 0) is 11.2 Å². The highest BCUT2D eigenvalue weighted by molar-refractivity contribution is 6.06. The second-order valence-corrected chi connectivity index (χ2v) is 5.91. The van der Waals surface area contributed by atoms with Crippen LogP contribution >= 0.6 is 0 Å². The number of aryl methyl sites for hydroxylation is 1. The number of rotatable bonds is 5. The molecule has 0 radical (unpaired) electrons. The predicted molar refractivity (Wildman–Crippen MR) is 102 cm³/mol. The minimum absolute atomic E-state index is 0.0845. The first kappa shape index (κ1) is 16.1. The number of carbonyl (C=O) groups excluding carboxylic acids is 1. The molecule has 4 rings (SSSR count). The third kappa shape index (κ3) is 2.97. The molecule has 0 unspecified atom stereocenters. The molecule has 4 aromatic rings. The first-order valence-electron chi connectivity index (χ1n) is 8.50. The number of anilines is 2. The van der Waals surface area contributed by atoms with Crippen molar-refractivity contribution >= 4 is 39.5 Å². The number of fused-ring (bicyclic) bond motifs is 3. The minimum Gasteiger partial charge on any atom is -0.450 e. The van der Waals surface area contributed by atoms with E-state index in [0.717, 1.165) is 34.2 Å². The fourth-order valence-electron chi connectivity index (χ4n) is 2.96. The SMILES string of the molecule is CCc1ccccc1NC(=O)CNc1ncnc2c1oc1ccccc12. The second kappa shape index (κ2) is 6.84. The van der Waals surface area contributed by atoms with Gasteiger partial charge in [0.15, 0.2) is 11.4 Å². The minimum atomic E-state index is -0.145. The number of furan rings is 1. The topological polar surface area (TPSA) is 80.0 Å². The lowest BCUT2D eigenvalue weighted by Crippen LogP contribution is -2.22. The average molecular weight is 346 g/mol. The van der Waals surface area contributed by atoms with E-state index in [4.69, 9.17) is 4.42 Å². The van der Waals surface area contributed by atoms with E-state index in [9.17, 15) is 4.79 Å². The molecule has 2 N–H and O–H groups in total. The second-order valence-electron chi connectivity index (χ2n) is 5.91. The Morgan fingerprint density at radius 1 is 1.08 bits per heavy atom. The molecule has 0 aliphatic heterocycles. The Labute approximate surface area is 150 Å². The van der Waals surface area contributed by atoms with Crippen LogP contribution in [0.15, 0.2) is 59.3 Å². The van der Waals surface area contributed by atoms with E-state index in [1.165, 1.54) is 6.33 Å². The number of nitrogens with one attached hydrogen (secondary N) is 2. The first-order chi connectivity index (χ1) is 12.8. The highest BCUT2D eigenvalue weighted by atomic mass is 16.3. The highest BCUT2D eigenvalue weighted by Gasteiger charge is 2.13. The van der Waals surface area contributed by atoms with Crippen molar-refractivity contribution in [2.45, 2.75) is 13.3 Å². The lowest BCUT2D eigenvalue weighted by atomic mass is 10.1. The summed E-state index contributed by atoms with van der Waals surface area (Å²) in [6, 6.07) is 15.5. The monoisotopic (exact) mass is 346 g/mol. The number of amides is 1. The van der Waals surface area contributed by atoms with Gasteiger partial charge in [0.1, 0.15) is 17.4 Å². The molecule has 0 saturated heterocycles. The number of para-hydroxylation sites is 2. The lowest BCUT2D eigenvalue weighted by molar-refractivity contribution is -0.114. The van der Waals surface area contributed by atoms with Gasteiger partial charge in [-0.15, -0.1) is 0 Å². The number of carbonyl (C=O) groups is 1. The van der Waals surface area contributed by atoms with Gasteiger partial charge < -0.3 is 15.1 Å². The molecule has 0 spiro atoms. The summed E-state index contributed by atoms with van der Waals surface area (Å²) in [5.74, 6) is 0.360. The van der Waals surface area contributed by atoms with E-state index in [1.54, 1.807) is 0 Å². The molecule has 2 aromatic carbocycles. The first-order valence-corrected chi connectivity index (χ1v) is 8.50. The molecular formula is C20H18N4O2. The van der Waals surface area contributed by atoms with Gasteiger partial charge in [-0.3, -0.25) is 4.79 Å². The van der Waals surface area contributed by atoms with Crippen LogP contribution in [0, 0.1) is 0 Å². The van der Waals surface area contributed by atoms with Gasteiger partial charge in [-0.1, -0.05) is 37.3 Å². The number of nitrogens with zero attached hydrogens (tertiary/aromatic N) is 2. The molecule has 0 aliphatic rings. The fourth-order valence-corrected chi connectivity index (χ4v) is 2.96. The molecule has 26 heavy (non-hydrogen) atoms. The number of benzene rings is 2. The molecule has 6 heteroatoms. The van der Waals surface area contributed by atoms with Crippen molar-refractivity contribution in [3.63, 3.8) is 0 Å². The van der Waals surface area contributed by atoms with Crippen molar-refractivity contribution in [2.24, 2.45) is 0 Å². The van der Waals surface area contributed by atoms with Gasteiger partial charge >= 0.3 is 0 Å². The van der Waals surface area contributed by atoms with E-state index in [0.29, 0.717) is 11.4 Å². The molecule has 0 bridgehead atoms. The summed E-state index contributed by atoms with van der Waals surface area (Å²) in [5.41, 5.74) is 3.96. The summed E-state index contributed by atoms with van der Waals surface area (Å²) in [5, 5.41) is 6.91. The molecule has 0 aliphatic carbocycles. The Hall–Kier alpha value is -3.41. The molecule has 2 aromatic heterocycles. The number of aromatic nitrogens is 2. The Morgan fingerprint density at radius 3 is 2.77 bits per heavy atom. The standard InChI is InChI=1S/C20H18N4O2/c1-2-13-7-3-5-9-15(13)24-17(25)11-21-20-19-18(22-12-23-20)14-8-4-6-10-16(14)26-19/h3-10,12H,2,11H2,1H3,(H,24,25)(H,21,22,23). The van der Waals surface area contributed by atoms with Crippen LogP contribution < -0.4 is 10.6 Å². The molecule has 0 atom stereocenters. The van der Waals surface area contributed by atoms with Crippen molar-refractivity contribution < 1.29 is 9.21 Å². The normalized spacial score (nSPS) is 11.0. The largest absolute Gasteiger partial charge is 0.450 e. The molecule has 0 saturated carbocycles. The van der Waals surface area contributed by atoms with Crippen molar-refractivity contribution in [3.05, 3.63) is 60.4 Å². The fraction of sp³-hybridized carbons (Fsp3) is 0.150. The van der Waals surface area contributed by atoms with Crippen LogP contribution in [0.4, 0.5) is 11.5 Å².